The van der Waals surface area contributed by atoms with Gasteiger partial charge in [-0.25, -0.2) is 0 Å². The first kappa shape index (κ1) is 20.1. The number of hydrogen-bond donors (Lipinski definition) is 2. The molecule has 1 fully saturated rings. The Morgan fingerprint density at radius 1 is 1.08 bits per heavy atom. The molecule has 1 saturated heterocycles. The minimum absolute atomic E-state index is 0.0260. The first-order chi connectivity index (χ1) is 11.5. The summed E-state index contributed by atoms with van der Waals surface area (Å²) in [6.07, 6.45) is -2.34. The summed E-state index contributed by atoms with van der Waals surface area (Å²) in [5, 5.41) is 21.2. The van der Waals surface area contributed by atoms with Gasteiger partial charge in [0.1, 0.15) is 0 Å². The van der Waals surface area contributed by atoms with Crippen molar-refractivity contribution in [3.05, 3.63) is 30.3 Å². The van der Waals surface area contributed by atoms with Crippen molar-refractivity contribution < 1.29 is 19.4 Å². The third kappa shape index (κ3) is 4.49. The van der Waals surface area contributed by atoms with E-state index < -0.39 is 26.8 Å². The molecule has 1 unspecified atom stereocenters. The van der Waals surface area contributed by atoms with Crippen LogP contribution in [0.3, 0.4) is 0 Å². The molecule has 136 valence electrons. The number of hydrogen-bond acceptors (Lipinski definition) is 4. The van der Waals surface area contributed by atoms with Crippen molar-refractivity contribution in [3.63, 3.8) is 0 Å². The van der Waals surface area contributed by atoms with Crippen LogP contribution in [0.2, 0.25) is 22.9 Å². The van der Waals surface area contributed by atoms with E-state index in [1.807, 2.05) is 25.1 Å². The number of ether oxygens (including phenoxy) is 1. The third-order valence-electron chi connectivity index (χ3n) is 5.11. The Balaban J connectivity index is 2.26. The van der Waals surface area contributed by atoms with E-state index in [0.717, 1.165) is 18.1 Å². The van der Waals surface area contributed by atoms with Crippen molar-refractivity contribution in [2.75, 3.05) is 0 Å². The maximum atomic E-state index is 10.7. The van der Waals surface area contributed by atoms with Gasteiger partial charge in [-0.15, -0.1) is 0 Å². The summed E-state index contributed by atoms with van der Waals surface area (Å²) in [5.74, 6) is 0. The summed E-state index contributed by atoms with van der Waals surface area (Å²) in [6.45, 7) is 8.36. The van der Waals surface area contributed by atoms with Crippen LogP contribution in [0.25, 0.3) is 0 Å². The summed E-state index contributed by atoms with van der Waals surface area (Å²) in [5.41, 5.74) is 0. The average molecular weight is 417 g/mol. The molecule has 4 nitrogen and oxygen atoms in total. The molecule has 2 N–H and O–H groups in total. The molecule has 1 aromatic rings. The van der Waals surface area contributed by atoms with Crippen molar-refractivity contribution in [2.24, 2.45) is 0 Å². The van der Waals surface area contributed by atoms with Gasteiger partial charge in [-0.05, 0) is 0 Å². The second-order valence-corrected chi connectivity index (χ2v) is 13.8. The fourth-order valence-electron chi connectivity index (χ4n) is 3.21. The zero-order chi connectivity index (χ0) is 17.7. The van der Waals surface area contributed by atoms with Crippen LogP contribution in [0.4, 0.5) is 0 Å². The van der Waals surface area contributed by atoms with Crippen LogP contribution in [0.15, 0.2) is 30.3 Å². The van der Waals surface area contributed by atoms with Crippen molar-refractivity contribution in [2.45, 2.75) is 75.2 Å². The standard InChI is InChI=1S/C18H30O4SeSi/c1-5-24(6-2,7-3)22-16-15(19)13(4)21-18(20)17(16)23-14-11-9-8-10-12-14/h8-13,15-20H,5-7H2,1-4H3/t13-,15-,16+,17-,18?/m1/s1. The van der Waals surface area contributed by atoms with E-state index in [1.54, 1.807) is 0 Å². The molecule has 1 aliphatic rings. The van der Waals surface area contributed by atoms with Crippen LogP contribution in [-0.4, -0.2) is 58.1 Å². The van der Waals surface area contributed by atoms with Crippen LogP contribution in [0, 0.1) is 0 Å². The topological polar surface area (TPSA) is 58.9 Å². The van der Waals surface area contributed by atoms with E-state index in [0.29, 0.717) is 0 Å². The summed E-state index contributed by atoms with van der Waals surface area (Å²) >= 11 is -0.0260. The number of benzene rings is 1. The quantitative estimate of drug-likeness (QED) is 0.669. The van der Waals surface area contributed by atoms with Gasteiger partial charge in [-0.3, -0.25) is 0 Å². The van der Waals surface area contributed by atoms with Gasteiger partial charge in [0, 0.05) is 0 Å². The van der Waals surface area contributed by atoms with Gasteiger partial charge in [-0.1, -0.05) is 0 Å². The molecular weight excluding hydrogens is 387 g/mol. The van der Waals surface area contributed by atoms with Gasteiger partial charge in [-0.2, -0.15) is 0 Å². The van der Waals surface area contributed by atoms with Crippen LogP contribution in [0.1, 0.15) is 27.7 Å². The molecule has 1 heterocycles. The first-order valence-corrected chi connectivity index (χ1v) is 13.2. The molecule has 24 heavy (non-hydrogen) atoms. The van der Waals surface area contributed by atoms with E-state index in [1.165, 1.54) is 4.46 Å². The van der Waals surface area contributed by atoms with E-state index in [-0.39, 0.29) is 25.9 Å². The summed E-state index contributed by atoms with van der Waals surface area (Å²) in [4.78, 5) is -0.192. The van der Waals surface area contributed by atoms with Gasteiger partial charge in [0.2, 0.25) is 0 Å². The average Bonchev–Trinajstić information content (AvgIpc) is 2.61. The summed E-state index contributed by atoms with van der Waals surface area (Å²) < 4.78 is 13.4. The molecule has 0 amide bonds. The fraction of sp³-hybridized carbons (Fsp3) is 0.667. The molecule has 6 heteroatoms. The normalized spacial score (nSPS) is 31.2. The van der Waals surface area contributed by atoms with Crippen molar-refractivity contribution in [1.82, 2.24) is 0 Å². The molecule has 2 rings (SSSR count). The second-order valence-electron chi connectivity index (χ2n) is 6.44. The van der Waals surface area contributed by atoms with Gasteiger partial charge in [0.25, 0.3) is 0 Å². The Morgan fingerprint density at radius 3 is 2.21 bits per heavy atom. The third-order valence-corrected chi connectivity index (χ3v) is 12.5. The van der Waals surface area contributed by atoms with Gasteiger partial charge in [0.15, 0.2) is 0 Å². The number of aliphatic hydroxyl groups excluding tert-OH is 2. The Bertz CT molecular complexity index is 489. The zero-order valence-corrected chi connectivity index (χ0v) is 17.7. The first-order valence-electron chi connectivity index (χ1n) is 8.87. The van der Waals surface area contributed by atoms with Crippen molar-refractivity contribution >= 4 is 27.7 Å². The fourth-order valence-corrected chi connectivity index (χ4v) is 8.73. The van der Waals surface area contributed by atoms with Gasteiger partial charge < -0.3 is 0 Å². The van der Waals surface area contributed by atoms with Crippen LogP contribution in [-0.2, 0) is 9.16 Å². The molecular formula is C18H30O4SeSi. The van der Waals surface area contributed by atoms with Crippen molar-refractivity contribution in [1.29, 1.82) is 0 Å². The Hall–Kier alpha value is -0.204. The predicted molar refractivity (Wildman–Crippen MR) is 100 cm³/mol. The van der Waals surface area contributed by atoms with E-state index in [4.69, 9.17) is 9.16 Å². The summed E-state index contributed by atoms with van der Waals surface area (Å²) in [6, 6.07) is 13.2. The number of rotatable bonds is 7. The van der Waals surface area contributed by atoms with Crippen LogP contribution >= 0.6 is 0 Å². The molecule has 1 aliphatic heterocycles. The monoisotopic (exact) mass is 418 g/mol. The molecule has 1 aromatic carbocycles. The van der Waals surface area contributed by atoms with E-state index >= 15 is 0 Å². The van der Waals surface area contributed by atoms with Crippen molar-refractivity contribution in [3.8, 4) is 0 Å². The summed E-state index contributed by atoms with van der Waals surface area (Å²) in [7, 11) is -1.88. The minimum atomic E-state index is -1.88. The molecule has 0 saturated carbocycles. The second kappa shape index (κ2) is 8.94. The Labute approximate surface area is 152 Å². The van der Waals surface area contributed by atoms with Crippen LogP contribution < -0.4 is 4.46 Å². The molecule has 0 aliphatic carbocycles. The Kier molecular flexibility index (Phi) is 7.50. The SMILES string of the molecule is CC[Si](CC)(CC)O[C@H]1[C@H](O)[C@@H](C)OC(O)[C@@H]1[Se]c1ccccc1. The Morgan fingerprint density at radius 2 is 1.67 bits per heavy atom. The van der Waals surface area contributed by atoms with E-state index in [2.05, 4.69) is 32.9 Å². The zero-order valence-electron chi connectivity index (χ0n) is 15.0. The van der Waals surface area contributed by atoms with E-state index in [9.17, 15) is 10.2 Å². The molecule has 0 spiro atoms. The maximum absolute atomic E-state index is 10.7. The number of aliphatic hydroxyl groups is 2. The van der Waals surface area contributed by atoms with Gasteiger partial charge in [0.05, 0.1) is 0 Å². The molecule has 0 radical (unpaired) electrons. The molecule has 0 aromatic heterocycles. The van der Waals surface area contributed by atoms with Crippen LogP contribution in [0.5, 0.6) is 0 Å². The molecule has 0 bridgehead atoms. The molecule has 5 atom stereocenters. The predicted octanol–water partition coefficient (Wildman–Crippen LogP) is 2.29. The van der Waals surface area contributed by atoms with Gasteiger partial charge >= 0.3 is 153 Å².